The lowest BCUT2D eigenvalue weighted by Crippen LogP contribution is -2.32. The van der Waals surface area contributed by atoms with E-state index in [9.17, 15) is 0 Å². The fourth-order valence-electron chi connectivity index (χ4n) is 4.12. The van der Waals surface area contributed by atoms with Crippen LogP contribution >= 0.6 is 0 Å². The molecule has 3 atom stereocenters. The van der Waals surface area contributed by atoms with Crippen molar-refractivity contribution in [2.75, 3.05) is 17.7 Å². The van der Waals surface area contributed by atoms with E-state index in [1.54, 1.807) is 7.11 Å². The number of hydrogen-bond acceptors (Lipinski definition) is 3. The molecule has 1 aliphatic heterocycles. The third-order valence-corrected chi connectivity index (χ3v) is 5.49. The van der Waals surface area contributed by atoms with Gasteiger partial charge in [0.05, 0.1) is 19.2 Å². The van der Waals surface area contributed by atoms with Crippen molar-refractivity contribution in [2.45, 2.75) is 31.3 Å². The monoisotopic (exact) mass is 358 g/mol. The number of para-hydroxylation sites is 1. The lowest BCUT2D eigenvalue weighted by atomic mass is 9.85. The van der Waals surface area contributed by atoms with E-state index in [-0.39, 0.29) is 12.1 Å². The average molecular weight is 358 g/mol. The van der Waals surface area contributed by atoms with Crippen molar-refractivity contribution in [1.82, 2.24) is 0 Å². The van der Waals surface area contributed by atoms with E-state index in [0.29, 0.717) is 5.92 Å². The first-order valence-electron chi connectivity index (χ1n) is 9.61. The van der Waals surface area contributed by atoms with Crippen LogP contribution < -0.4 is 15.4 Å². The van der Waals surface area contributed by atoms with E-state index in [1.165, 1.54) is 16.8 Å². The number of anilines is 2. The van der Waals surface area contributed by atoms with Gasteiger partial charge >= 0.3 is 0 Å². The largest absolute Gasteiger partial charge is 0.497 e. The number of hydrogen-bond donors (Lipinski definition) is 2. The molecule has 1 aliphatic rings. The van der Waals surface area contributed by atoms with Gasteiger partial charge in [-0.05, 0) is 47.9 Å². The van der Waals surface area contributed by atoms with E-state index < -0.39 is 0 Å². The van der Waals surface area contributed by atoms with Gasteiger partial charge in [0.15, 0.2) is 0 Å². The molecule has 1 heterocycles. The predicted octanol–water partition coefficient (Wildman–Crippen LogP) is 5.84. The van der Waals surface area contributed by atoms with Gasteiger partial charge in [-0.2, -0.15) is 0 Å². The summed E-state index contributed by atoms with van der Waals surface area (Å²) in [6.07, 6.45) is 1.08. The molecule has 0 aliphatic carbocycles. The Morgan fingerprint density at radius 3 is 2.33 bits per heavy atom. The Morgan fingerprint density at radius 1 is 0.926 bits per heavy atom. The number of nitrogens with one attached hydrogen (secondary N) is 2. The Bertz CT molecular complexity index is 876. The van der Waals surface area contributed by atoms with Crippen molar-refractivity contribution in [3.8, 4) is 5.75 Å². The van der Waals surface area contributed by atoms with E-state index in [0.717, 1.165) is 17.9 Å². The van der Waals surface area contributed by atoms with Crippen molar-refractivity contribution in [3.63, 3.8) is 0 Å². The number of methoxy groups -OCH3 is 1. The van der Waals surface area contributed by atoms with Crippen LogP contribution in [0.2, 0.25) is 0 Å². The molecular formula is C24H26N2O. The highest BCUT2D eigenvalue weighted by atomic mass is 16.5. The first-order chi connectivity index (χ1) is 13.3. The summed E-state index contributed by atoms with van der Waals surface area (Å²) in [7, 11) is 1.70. The molecule has 4 rings (SSSR count). The second-order valence-corrected chi connectivity index (χ2v) is 7.03. The molecule has 138 valence electrons. The molecular weight excluding hydrogens is 332 g/mol. The van der Waals surface area contributed by atoms with E-state index in [4.69, 9.17) is 4.74 Å². The number of benzene rings is 3. The molecule has 3 heteroatoms. The number of rotatable bonds is 6. The molecule has 0 bridgehead atoms. The first-order valence-corrected chi connectivity index (χ1v) is 9.61. The Hall–Kier alpha value is -2.94. The summed E-state index contributed by atoms with van der Waals surface area (Å²) in [4.78, 5) is 0. The van der Waals surface area contributed by atoms with Gasteiger partial charge in [-0.25, -0.2) is 0 Å². The highest BCUT2D eigenvalue weighted by Crippen LogP contribution is 2.43. The molecule has 3 aromatic rings. The van der Waals surface area contributed by atoms with Gasteiger partial charge in [-0.15, -0.1) is 0 Å². The van der Waals surface area contributed by atoms with Crippen LogP contribution in [0.4, 0.5) is 11.4 Å². The summed E-state index contributed by atoms with van der Waals surface area (Å²) in [5.41, 5.74) is 5.04. The Labute approximate surface area is 161 Å². The maximum absolute atomic E-state index is 5.29. The maximum Gasteiger partial charge on any atom is 0.119 e. The van der Waals surface area contributed by atoms with E-state index in [1.807, 2.05) is 12.1 Å². The zero-order valence-electron chi connectivity index (χ0n) is 15.9. The fraction of sp³-hybridized carbons (Fsp3) is 0.250. The smallest absolute Gasteiger partial charge is 0.119 e. The number of ether oxygens (including phenoxy) is 1. The van der Waals surface area contributed by atoms with Gasteiger partial charge < -0.3 is 15.4 Å². The van der Waals surface area contributed by atoms with Gasteiger partial charge in [0.2, 0.25) is 0 Å². The minimum atomic E-state index is 0.208. The highest BCUT2D eigenvalue weighted by Gasteiger charge is 2.37. The van der Waals surface area contributed by atoms with Gasteiger partial charge in [0, 0.05) is 17.3 Å². The Balaban J connectivity index is 1.67. The van der Waals surface area contributed by atoms with Crippen LogP contribution in [-0.2, 0) is 0 Å². The lowest BCUT2D eigenvalue weighted by molar-refractivity contribution is 0.415. The average Bonchev–Trinajstić information content (AvgIpc) is 3.08. The normalized spacial score (nSPS) is 19.0. The molecule has 0 unspecified atom stereocenters. The second kappa shape index (κ2) is 7.75. The molecule has 3 nitrogen and oxygen atoms in total. The number of fused-ring (bicyclic) bond motifs is 1. The third-order valence-electron chi connectivity index (χ3n) is 5.49. The second-order valence-electron chi connectivity index (χ2n) is 7.03. The summed E-state index contributed by atoms with van der Waals surface area (Å²) < 4.78 is 5.29. The molecule has 0 spiro atoms. The molecule has 0 amide bonds. The third kappa shape index (κ3) is 3.50. The molecule has 3 aromatic carbocycles. The molecule has 0 fully saturated rings. The van der Waals surface area contributed by atoms with Crippen molar-refractivity contribution >= 4 is 11.4 Å². The van der Waals surface area contributed by atoms with Crippen molar-refractivity contribution < 1.29 is 4.74 Å². The van der Waals surface area contributed by atoms with Crippen molar-refractivity contribution in [2.24, 2.45) is 0 Å². The summed E-state index contributed by atoms with van der Waals surface area (Å²) in [5.74, 6) is 1.30. The molecule has 0 aromatic heterocycles. The molecule has 0 saturated carbocycles. The Morgan fingerprint density at radius 2 is 1.63 bits per heavy atom. The van der Waals surface area contributed by atoms with Crippen LogP contribution in [0, 0.1) is 0 Å². The van der Waals surface area contributed by atoms with Crippen molar-refractivity contribution in [3.05, 3.63) is 90.0 Å². The SMILES string of the molecule is CC[C@H](c1ccccc1)[C@@H]1Nc2ccccc2[C@@H]1Nc1ccc(OC)cc1. The van der Waals surface area contributed by atoms with Crippen LogP contribution in [-0.4, -0.2) is 13.2 Å². The fourth-order valence-corrected chi connectivity index (χ4v) is 4.12. The molecule has 2 N–H and O–H groups in total. The standard InChI is InChI=1S/C24H26N2O/c1-3-20(17-9-5-4-6-10-17)23-24(21-11-7-8-12-22(21)26-23)25-18-13-15-19(27-2)16-14-18/h4-16,20,23-26H,3H2,1-2H3/t20-,23+,24+/m1/s1. The van der Waals surface area contributed by atoms with Gasteiger partial charge in [-0.3, -0.25) is 0 Å². The Kier molecular flexibility index (Phi) is 5.01. The van der Waals surface area contributed by atoms with Crippen LogP contribution in [0.25, 0.3) is 0 Å². The molecule has 0 radical (unpaired) electrons. The van der Waals surface area contributed by atoms with Crippen LogP contribution in [0.1, 0.15) is 36.4 Å². The zero-order valence-corrected chi connectivity index (χ0v) is 15.9. The summed E-state index contributed by atoms with van der Waals surface area (Å²) in [6, 6.07) is 28.1. The van der Waals surface area contributed by atoms with Gasteiger partial charge in [0.1, 0.15) is 5.75 Å². The predicted molar refractivity (Wildman–Crippen MR) is 113 cm³/mol. The van der Waals surface area contributed by atoms with E-state index >= 15 is 0 Å². The first kappa shape index (κ1) is 17.5. The summed E-state index contributed by atoms with van der Waals surface area (Å²) >= 11 is 0. The van der Waals surface area contributed by atoms with E-state index in [2.05, 4.69) is 84.3 Å². The topological polar surface area (TPSA) is 33.3 Å². The lowest BCUT2D eigenvalue weighted by Gasteiger charge is -2.30. The van der Waals surface area contributed by atoms with Crippen LogP contribution in [0.5, 0.6) is 5.75 Å². The minimum Gasteiger partial charge on any atom is -0.497 e. The highest BCUT2D eigenvalue weighted by molar-refractivity contribution is 5.63. The quantitative estimate of drug-likeness (QED) is 0.581. The van der Waals surface area contributed by atoms with Crippen LogP contribution in [0.3, 0.4) is 0 Å². The van der Waals surface area contributed by atoms with Gasteiger partial charge in [-0.1, -0.05) is 55.5 Å². The van der Waals surface area contributed by atoms with Crippen LogP contribution in [0.15, 0.2) is 78.9 Å². The summed E-state index contributed by atoms with van der Waals surface area (Å²) in [6.45, 7) is 2.27. The van der Waals surface area contributed by atoms with Gasteiger partial charge in [0.25, 0.3) is 0 Å². The molecule has 0 saturated heterocycles. The summed E-state index contributed by atoms with van der Waals surface area (Å²) in [5, 5.41) is 7.55. The van der Waals surface area contributed by atoms with Crippen molar-refractivity contribution in [1.29, 1.82) is 0 Å². The molecule has 27 heavy (non-hydrogen) atoms. The zero-order chi connectivity index (χ0) is 18.6. The maximum atomic E-state index is 5.29. The minimum absolute atomic E-state index is 0.208.